The van der Waals surface area contributed by atoms with E-state index in [1.165, 1.54) is 6.20 Å². The lowest BCUT2D eigenvalue weighted by Crippen LogP contribution is -1.87. The van der Waals surface area contributed by atoms with E-state index in [0.29, 0.717) is 0 Å². The molecule has 0 amide bonds. The Morgan fingerprint density at radius 2 is 2.21 bits per heavy atom. The van der Waals surface area contributed by atoms with Crippen molar-refractivity contribution in [1.29, 1.82) is 0 Å². The zero-order valence-corrected chi connectivity index (χ0v) is 8.27. The molecule has 0 aliphatic carbocycles. The van der Waals surface area contributed by atoms with E-state index in [0.717, 1.165) is 17.0 Å². The van der Waals surface area contributed by atoms with E-state index in [4.69, 9.17) is 5.73 Å². The van der Waals surface area contributed by atoms with E-state index in [1.54, 1.807) is 6.08 Å². The first-order valence-electron chi connectivity index (χ1n) is 4.42. The van der Waals surface area contributed by atoms with Crippen molar-refractivity contribution in [2.45, 2.75) is 6.92 Å². The van der Waals surface area contributed by atoms with Gasteiger partial charge in [-0.3, -0.25) is 4.98 Å². The predicted molar refractivity (Wildman–Crippen MR) is 60.5 cm³/mol. The summed E-state index contributed by atoms with van der Waals surface area (Å²) in [6.07, 6.45) is 6.95. The molecule has 2 heteroatoms. The Morgan fingerprint density at radius 3 is 2.86 bits per heavy atom. The highest BCUT2D eigenvalue weighted by molar-refractivity contribution is 5.69. The third kappa shape index (κ3) is 2.90. The van der Waals surface area contributed by atoms with Gasteiger partial charge in [-0.1, -0.05) is 24.8 Å². The average Bonchev–Trinajstić information content (AvgIpc) is 2.18. The largest absolute Gasteiger partial charge is 0.405 e. The number of aromatic nitrogens is 1. The van der Waals surface area contributed by atoms with Gasteiger partial charge in [0.1, 0.15) is 0 Å². The zero-order chi connectivity index (χ0) is 10.4. The fourth-order valence-electron chi connectivity index (χ4n) is 1.04. The van der Waals surface area contributed by atoms with E-state index in [-0.39, 0.29) is 0 Å². The summed E-state index contributed by atoms with van der Waals surface area (Å²) >= 11 is 0. The molecule has 0 radical (unpaired) electrons. The lowest BCUT2D eigenvalue weighted by Gasteiger charge is -1.99. The Labute approximate surface area is 84.5 Å². The molecule has 14 heavy (non-hydrogen) atoms. The molecular weight excluding hydrogens is 172 g/mol. The summed E-state index contributed by atoms with van der Waals surface area (Å²) in [5.74, 6) is 0. The number of allylic oxidation sites excluding steroid dienone is 4. The van der Waals surface area contributed by atoms with Crippen LogP contribution in [0.2, 0.25) is 0 Å². The highest BCUT2D eigenvalue weighted by atomic mass is 14.7. The molecule has 72 valence electrons. The Morgan fingerprint density at radius 1 is 1.43 bits per heavy atom. The zero-order valence-electron chi connectivity index (χ0n) is 8.27. The molecule has 0 atom stereocenters. The van der Waals surface area contributed by atoms with Gasteiger partial charge in [-0.25, -0.2) is 0 Å². The molecule has 1 aromatic heterocycles. The van der Waals surface area contributed by atoms with Crippen LogP contribution in [0.4, 0.5) is 0 Å². The molecule has 0 saturated carbocycles. The topological polar surface area (TPSA) is 38.9 Å². The molecule has 0 aliphatic heterocycles. The summed E-state index contributed by atoms with van der Waals surface area (Å²) in [6, 6.07) is 5.86. The van der Waals surface area contributed by atoms with Gasteiger partial charge >= 0.3 is 0 Å². The summed E-state index contributed by atoms with van der Waals surface area (Å²) in [5.41, 5.74) is 7.97. The number of hydrogen-bond acceptors (Lipinski definition) is 2. The van der Waals surface area contributed by atoms with Crippen LogP contribution in [0.3, 0.4) is 0 Å². The average molecular weight is 186 g/mol. The monoisotopic (exact) mass is 186 g/mol. The maximum absolute atomic E-state index is 5.20. The van der Waals surface area contributed by atoms with Crippen molar-refractivity contribution >= 4 is 5.57 Å². The summed E-state index contributed by atoms with van der Waals surface area (Å²) in [5, 5.41) is 0. The van der Waals surface area contributed by atoms with Crippen molar-refractivity contribution in [1.82, 2.24) is 4.98 Å². The van der Waals surface area contributed by atoms with Gasteiger partial charge in [-0.2, -0.15) is 0 Å². The van der Waals surface area contributed by atoms with E-state index in [1.807, 2.05) is 37.3 Å². The van der Waals surface area contributed by atoms with Crippen molar-refractivity contribution in [2.24, 2.45) is 5.73 Å². The molecule has 2 nitrogen and oxygen atoms in total. The highest BCUT2D eigenvalue weighted by Crippen LogP contribution is 2.10. The van der Waals surface area contributed by atoms with Crippen molar-refractivity contribution in [2.75, 3.05) is 0 Å². The molecule has 0 aromatic carbocycles. The van der Waals surface area contributed by atoms with Gasteiger partial charge in [-0.05, 0) is 36.9 Å². The molecule has 0 unspecified atom stereocenters. The molecule has 1 heterocycles. The Balaban J connectivity index is 2.79. The van der Waals surface area contributed by atoms with Crippen LogP contribution in [0.1, 0.15) is 11.4 Å². The lowest BCUT2D eigenvalue weighted by molar-refractivity contribution is 1.17. The minimum Gasteiger partial charge on any atom is -0.405 e. The number of hydrogen-bond donors (Lipinski definition) is 1. The van der Waals surface area contributed by atoms with Crippen molar-refractivity contribution in [3.8, 4) is 0 Å². The van der Waals surface area contributed by atoms with Crippen molar-refractivity contribution in [3.63, 3.8) is 0 Å². The van der Waals surface area contributed by atoms with Crippen LogP contribution in [0, 0.1) is 6.92 Å². The molecule has 2 N–H and O–H groups in total. The molecule has 0 spiro atoms. The minimum atomic E-state index is 0.881. The maximum atomic E-state index is 5.20. The summed E-state index contributed by atoms with van der Waals surface area (Å²) in [6.45, 7) is 5.87. The van der Waals surface area contributed by atoms with Gasteiger partial charge in [0.15, 0.2) is 0 Å². The number of nitrogens with two attached hydrogens (primary N) is 1. The van der Waals surface area contributed by atoms with Crippen LogP contribution in [-0.2, 0) is 0 Å². The number of rotatable bonds is 3. The van der Waals surface area contributed by atoms with Gasteiger partial charge in [0, 0.05) is 5.69 Å². The van der Waals surface area contributed by atoms with Gasteiger partial charge in [-0.15, -0.1) is 0 Å². The molecule has 0 saturated heterocycles. The molecule has 1 rings (SSSR count). The Kier molecular flexibility index (Phi) is 3.68. The number of nitrogens with zero attached hydrogens (tertiary/aromatic N) is 1. The first-order valence-corrected chi connectivity index (χ1v) is 4.42. The second-order valence-electron chi connectivity index (χ2n) is 2.93. The second-order valence-corrected chi connectivity index (χ2v) is 2.93. The molecule has 0 aliphatic rings. The molecule has 1 aromatic rings. The van der Waals surface area contributed by atoms with Crippen LogP contribution >= 0.6 is 0 Å². The van der Waals surface area contributed by atoms with Crippen LogP contribution in [0.15, 0.2) is 49.2 Å². The van der Waals surface area contributed by atoms with Crippen LogP contribution < -0.4 is 5.73 Å². The SMILES string of the molecule is C=C(/C=C\C=C/N)c1cccc(C)n1. The fraction of sp³-hybridized carbons (Fsp3) is 0.0833. The van der Waals surface area contributed by atoms with E-state index >= 15 is 0 Å². The van der Waals surface area contributed by atoms with Gasteiger partial charge in [0.2, 0.25) is 0 Å². The van der Waals surface area contributed by atoms with Crippen LogP contribution in [0.5, 0.6) is 0 Å². The number of pyridine rings is 1. The van der Waals surface area contributed by atoms with Gasteiger partial charge in [0.05, 0.1) is 5.69 Å². The van der Waals surface area contributed by atoms with Crippen molar-refractivity contribution < 1.29 is 0 Å². The maximum Gasteiger partial charge on any atom is 0.0699 e. The van der Waals surface area contributed by atoms with Gasteiger partial charge in [0.25, 0.3) is 0 Å². The third-order valence-electron chi connectivity index (χ3n) is 1.74. The minimum absolute atomic E-state index is 0.881. The second kappa shape index (κ2) is 5.02. The lowest BCUT2D eigenvalue weighted by atomic mass is 10.1. The van der Waals surface area contributed by atoms with E-state index in [9.17, 15) is 0 Å². The van der Waals surface area contributed by atoms with Crippen molar-refractivity contribution in [3.05, 3.63) is 60.6 Å². The van der Waals surface area contributed by atoms with E-state index in [2.05, 4.69) is 11.6 Å². The number of aryl methyl sites for hydroxylation is 1. The highest BCUT2D eigenvalue weighted by Gasteiger charge is 1.95. The first kappa shape index (κ1) is 10.3. The quantitative estimate of drug-likeness (QED) is 0.736. The van der Waals surface area contributed by atoms with Crippen LogP contribution in [-0.4, -0.2) is 4.98 Å². The standard InChI is InChI=1S/C12H14N2/c1-10(6-3-4-9-13)12-8-5-7-11(2)14-12/h3-9H,1,13H2,2H3/b6-3-,9-4-. The Hall–Kier alpha value is -1.83. The summed E-state index contributed by atoms with van der Waals surface area (Å²) < 4.78 is 0. The normalized spacial score (nSPS) is 11.2. The van der Waals surface area contributed by atoms with Crippen LogP contribution in [0.25, 0.3) is 5.57 Å². The molecule has 0 bridgehead atoms. The van der Waals surface area contributed by atoms with E-state index < -0.39 is 0 Å². The molecule has 0 fully saturated rings. The summed E-state index contributed by atoms with van der Waals surface area (Å²) in [7, 11) is 0. The molecular formula is C12H14N2. The third-order valence-corrected chi connectivity index (χ3v) is 1.74. The van der Waals surface area contributed by atoms with Gasteiger partial charge < -0.3 is 5.73 Å². The smallest absolute Gasteiger partial charge is 0.0699 e. The Bertz CT molecular complexity index is 376. The first-order chi connectivity index (χ1) is 6.74. The predicted octanol–water partition coefficient (Wildman–Crippen LogP) is 2.43. The summed E-state index contributed by atoms with van der Waals surface area (Å²) in [4.78, 5) is 4.35. The fourth-order valence-corrected chi connectivity index (χ4v) is 1.04.